The van der Waals surface area contributed by atoms with E-state index in [4.69, 9.17) is 0 Å². The van der Waals surface area contributed by atoms with Gasteiger partial charge in [-0.1, -0.05) is 31.0 Å². The van der Waals surface area contributed by atoms with E-state index in [2.05, 4.69) is 17.6 Å². The highest BCUT2D eigenvalue weighted by Crippen LogP contribution is 2.19. The van der Waals surface area contributed by atoms with E-state index in [1.54, 1.807) is 13.8 Å². The van der Waals surface area contributed by atoms with Gasteiger partial charge in [0.25, 0.3) is 0 Å². The van der Waals surface area contributed by atoms with Gasteiger partial charge in [-0.25, -0.2) is 0 Å². The van der Waals surface area contributed by atoms with E-state index in [1.165, 1.54) is 0 Å². The zero-order chi connectivity index (χ0) is 15.2. The van der Waals surface area contributed by atoms with Crippen molar-refractivity contribution in [3.63, 3.8) is 0 Å². The van der Waals surface area contributed by atoms with E-state index in [9.17, 15) is 9.59 Å². The average molecular weight is 276 g/mol. The van der Waals surface area contributed by atoms with Crippen molar-refractivity contribution in [2.75, 3.05) is 11.9 Å². The van der Waals surface area contributed by atoms with Gasteiger partial charge in [-0.05, 0) is 39.3 Å². The number of amides is 2. The van der Waals surface area contributed by atoms with Crippen molar-refractivity contribution in [1.82, 2.24) is 5.32 Å². The maximum atomic E-state index is 12.2. The maximum Gasteiger partial charge on any atom is 0.239 e. The van der Waals surface area contributed by atoms with E-state index in [0.717, 1.165) is 18.4 Å². The van der Waals surface area contributed by atoms with Crippen LogP contribution in [0.4, 0.5) is 5.69 Å². The molecule has 110 valence electrons. The Morgan fingerprint density at radius 2 is 1.70 bits per heavy atom. The lowest BCUT2D eigenvalue weighted by atomic mass is 9.91. The Bertz CT molecular complexity index is 464. The molecule has 0 radical (unpaired) electrons. The minimum Gasteiger partial charge on any atom is -0.355 e. The van der Waals surface area contributed by atoms with Crippen LogP contribution in [0.5, 0.6) is 0 Å². The molecule has 0 aliphatic rings. The molecule has 4 heteroatoms. The Kier molecular flexibility index (Phi) is 5.74. The summed E-state index contributed by atoms with van der Waals surface area (Å²) < 4.78 is 0. The predicted octanol–water partition coefficient (Wildman–Crippen LogP) is 2.88. The molecule has 0 fully saturated rings. The normalized spacial score (nSPS) is 11.0. The topological polar surface area (TPSA) is 58.2 Å². The van der Waals surface area contributed by atoms with Crippen LogP contribution in [0.1, 0.15) is 39.2 Å². The van der Waals surface area contributed by atoms with Gasteiger partial charge in [0.05, 0.1) is 0 Å². The first-order valence-electron chi connectivity index (χ1n) is 7.04. The molecule has 0 aliphatic carbocycles. The fourth-order valence-corrected chi connectivity index (χ4v) is 1.63. The Morgan fingerprint density at radius 3 is 2.25 bits per heavy atom. The van der Waals surface area contributed by atoms with Gasteiger partial charge < -0.3 is 10.6 Å². The van der Waals surface area contributed by atoms with Crippen molar-refractivity contribution in [2.45, 2.75) is 40.5 Å². The van der Waals surface area contributed by atoms with E-state index < -0.39 is 5.41 Å². The Balaban J connectivity index is 2.64. The highest BCUT2D eigenvalue weighted by molar-refractivity contribution is 6.09. The summed E-state index contributed by atoms with van der Waals surface area (Å²) in [5, 5.41) is 5.58. The first kappa shape index (κ1) is 16.2. The number of carbonyl (C=O) groups excluding carboxylic acids is 2. The van der Waals surface area contributed by atoms with Gasteiger partial charge in [0.15, 0.2) is 0 Å². The van der Waals surface area contributed by atoms with Gasteiger partial charge in [-0.2, -0.15) is 0 Å². The third-order valence-electron chi connectivity index (χ3n) is 3.26. The number of anilines is 1. The summed E-state index contributed by atoms with van der Waals surface area (Å²) in [4.78, 5) is 24.3. The first-order valence-corrected chi connectivity index (χ1v) is 7.04. The van der Waals surface area contributed by atoms with Crippen LogP contribution in [0.25, 0.3) is 0 Å². The van der Waals surface area contributed by atoms with Crippen LogP contribution in [0.3, 0.4) is 0 Å². The van der Waals surface area contributed by atoms with Gasteiger partial charge >= 0.3 is 0 Å². The lowest BCUT2D eigenvalue weighted by molar-refractivity contribution is -0.138. The SMILES string of the molecule is CCCCNC(=O)C(C)(C)C(=O)Nc1ccc(C)cc1. The Hall–Kier alpha value is -1.84. The number of nitrogens with one attached hydrogen (secondary N) is 2. The molecule has 0 atom stereocenters. The molecule has 0 unspecified atom stereocenters. The second kappa shape index (κ2) is 7.08. The molecule has 0 saturated carbocycles. The predicted molar refractivity (Wildman–Crippen MR) is 81.5 cm³/mol. The van der Waals surface area contributed by atoms with Crippen molar-refractivity contribution in [1.29, 1.82) is 0 Å². The van der Waals surface area contributed by atoms with Crippen LogP contribution >= 0.6 is 0 Å². The van der Waals surface area contributed by atoms with Crippen LogP contribution in [0.2, 0.25) is 0 Å². The summed E-state index contributed by atoms with van der Waals surface area (Å²) in [5.41, 5.74) is 0.744. The number of unbranched alkanes of at least 4 members (excludes halogenated alkanes) is 1. The Labute approximate surface area is 121 Å². The van der Waals surface area contributed by atoms with Gasteiger partial charge in [0, 0.05) is 12.2 Å². The monoisotopic (exact) mass is 276 g/mol. The molecule has 0 aliphatic heterocycles. The van der Waals surface area contributed by atoms with Crippen molar-refractivity contribution < 1.29 is 9.59 Å². The number of rotatable bonds is 6. The molecule has 0 heterocycles. The number of aryl methyl sites for hydroxylation is 1. The van der Waals surface area contributed by atoms with Crippen LogP contribution in [0.15, 0.2) is 24.3 Å². The molecule has 1 aromatic rings. The number of benzene rings is 1. The minimum atomic E-state index is -1.08. The third kappa shape index (κ3) is 4.37. The summed E-state index contributed by atoms with van der Waals surface area (Å²) in [6, 6.07) is 7.50. The summed E-state index contributed by atoms with van der Waals surface area (Å²) in [5.74, 6) is -0.536. The van der Waals surface area contributed by atoms with Crippen molar-refractivity contribution >= 4 is 17.5 Å². The van der Waals surface area contributed by atoms with Gasteiger partial charge in [-0.3, -0.25) is 9.59 Å². The lowest BCUT2D eigenvalue weighted by Gasteiger charge is -2.22. The molecule has 0 aromatic heterocycles. The van der Waals surface area contributed by atoms with Gasteiger partial charge in [0.1, 0.15) is 5.41 Å². The fraction of sp³-hybridized carbons (Fsp3) is 0.500. The molecule has 0 bridgehead atoms. The summed E-state index contributed by atoms with van der Waals surface area (Å²) in [7, 11) is 0. The Morgan fingerprint density at radius 1 is 1.10 bits per heavy atom. The van der Waals surface area contributed by atoms with E-state index >= 15 is 0 Å². The molecular weight excluding hydrogens is 252 g/mol. The summed E-state index contributed by atoms with van der Waals surface area (Å²) in [6.45, 7) is 7.92. The van der Waals surface area contributed by atoms with Crippen LogP contribution in [-0.4, -0.2) is 18.4 Å². The van der Waals surface area contributed by atoms with Gasteiger partial charge in [-0.15, -0.1) is 0 Å². The fourth-order valence-electron chi connectivity index (χ4n) is 1.63. The molecule has 0 saturated heterocycles. The van der Waals surface area contributed by atoms with Crippen LogP contribution < -0.4 is 10.6 Å². The highest BCUT2D eigenvalue weighted by atomic mass is 16.2. The number of hydrogen-bond donors (Lipinski definition) is 2. The van der Waals surface area contributed by atoms with E-state index in [1.807, 2.05) is 31.2 Å². The molecule has 4 nitrogen and oxygen atoms in total. The largest absolute Gasteiger partial charge is 0.355 e. The molecule has 1 rings (SSSR count). The summed E-state index contributed by atoms with van der Waals surface area (Å²) in [6.07, 6.45) is 1.93. The van der Waals surface area contributed by atoms with E-state index in [-0.39, 0.29) is 11.8 Å². The molecule has 2 amide bonds. The molecule has 2 N–H and O–H groups in total. The van der Waals surface area contributed by atoms with Crippen molar-refractivity contribution in [2.24, 2.45) is 5.41 Å². The summed E-state index contributed by atoms with van der Waals surface area (Å²) >= 11 is 0. The first-order chi connectivity index (χ1) is 9.37. The quantitative estimate of drug-likeness (QED) is 0.620. The van der Waals surface area contributed by atoms with E-state index in [0.29, 0.717) is 12.2 Å². The average Bonchev–Trinajstić information content (AvgIpc) is 2.41. The highest BCUT2D eigenvalue weighted by Gasteiger charge is 2.35. The standard InChI is InChI=1S/C16H24N2O2/c1-5-6-11-17-14(19)16(3,4)15(20)18-13-9-7-12(2)8-10-13/h7-10H,5-6,11H2,1-4H3,(H,17,19)(H,18,20). The number of carbonyl (C=O) groups is 2. The third-order valence-corrected chi connectivity index (χ3v) is 3.26. The molecule has 1 aromatic carbocycles. The van der Waals surface area contributed by atoms with Crippen molar-refractivity contribution in [3.8, 4) is 0 Å². The van der Waals surface area contributed by atoms with Crippen molar-refractivity contribution in [3.05, 3.63) is 29.8 Å². The zero-order valence-corrected chi connectivity index (χ0v) is 12.7. The lowest BCUT2D eigenvalue weighted by Crippen LogP contribution is -2.45. The maximum absolute atomic E-state index is 12.2. The molecule has 20 heavy (non-hydrogen) atoms. The van der Waals surface area contributed by atoms with Crippen LogP contribution in [-0.2, 0) is 9.59 Å². The smallest absolute Gasteiger partial charge is 0.239 e. The molecular formula is C16H24N2O2. The number of hydrogen-bond acceptors (Lipinski definition) is 2. The minimum absolute atomic E-state index is 0.240. The molecule has 0 spiro atoms. The van der Waals surface area contributed by atoms with Crippen LogP contribution in [0, 0.1) is 12.3 Å². The second-order valence-electron chi connectivity index (χ2n) is 5.55. The second-order valence-corrected chi connectivity index (χ2v) is 5.55. The van der Waals surface area contributed by atoms with Gasteiger partial charge in [0.2, 0.25) is 11.8 Å². The zero-order valence-electron chi connectivity index (χ0n) is 12.7.